The molecule has 2 amide bonds. The Bertz CT molecular complexity index is 622. The first-order valence-corrected chi connectivity index (χ1v) is 9.21. The number of hydrogen-bond acceptors (Lipinski definition) is 5. The molecule has 4 N–H and O–H groups in total. The van der Waals surface area contributed by atoms with Gasteiger partial charge in [-0.1, -0.05) is 12.1 Å². The van der Waals surface area contributed by atoms with Crippen LogP contribution in [0.15, 0.2) is 24.3 Å². The first-order valence-electron chi connectivity index (χ1n) is 9.21. The molecule has 1 saturated heterocycles. The SMILES string of the molecule is NC1(C(=O)NCCc2ccc(OCC(=O)NC3CC3)cc2)CCOCC1. The number of nitrogens with two attached hydrogens (primary N) is 1. The number of benzene rings is 1. The minimum Gasteiger partial charge on any atom is -0.484 e. The van der Waals surface area contributed by atoms with Crippen LogP contribution in [-0.2, 0) is 20.7 Å². The molecule has 2 aliphatic rings. The van der Waals surface area contributed by atoms with Crippen molar-refractivity contribution in [2.24, 2.45) is 5.73 Å². The number of hydrogen-bond donors (Lipinski definition) is 3. The Morgan fingerprint density at radius 2 is 1.88 bits per heavy atom. The lowest BCUT2D eigenvalue weighted by atomic mass is 9.90. The van der Waals surface area contributed by atoms with Gasteiger partial charge in [0.25, 0.3) is 5.91 Å². The zero-order chi connectivity index (χ0) is 18.4. The molecule has 1 aliphatic carbocycles. The van der Waals surface area contributed by atoms with Gasteiger partial charge in [-0.25, -0.2) is 0 Å². The highest BCUT2D eigenvalue weighted by atomic mass is 16.5. The fourth-order valence-electron chi connectivity index (χ4n) is 2.86. The average molecular weight is 361 g/mol. The second-order valence-corrected chi connectivity index (χ2v) is 7.05. The van der Waals surface area contributed by atoms with E-state index in [1.54, 1.807) is 0 Å². The predicted molar refractivity (Wildman–Crippen MR) is 96.8 cm³/mol. The molecule has 1 heterocycles. The highest BCUT2D eigenvalue weighted by molar-refractivity contribution is 5.86. The molecule has 7 nitrogen and oxygen atoms in total. The van der Waals surface area contributed by atoms with Gasteiger partial charge in [-0.15, -0.1) is 0 Å². The number of carbonyl (C=O) groups excluding carboxylic acids is 2. The highest BCUT2D eigenvalue weighted by Gasteiger charge is 2.35. The Morgan fingerprint density at radius 1 is 1.19 bits per heavy atom. The van der Waals surface area contributed by atoms with Crippen LogP contribution < -0.4 is 21.1 Å². The third kappa shape index (κ3) is 5.44. The van der Waals surface area contributed by atoms with Gasteiger partial charge in [-0.05, 0) is 49.8 Å². The van der Waals surface area contributed by atoms with Crippen LogP contribution in [-0.4, -0.2) is 49.8 Å². The molecule has 0 radical (unpaired) electrons. The van der Waals surface area contributed by atoms with Crippen molar-refractivity contribution in [1.29, 1.82) is 0 Å². The Balaban J connectivity index is 1.37. The lowest BCUT2D eigenvalue weighted by molar-refractivity contribution is -0.129. The lowest BCUT2D eigenvalue weighted by Crippen LogP contribution is -2.57. The second-order valence-electron chi connectivity index (χ2n) is 7.05. The third-order valence-electron chi connectivity index (χ3n) is 4.77. The second kappa shape index (κ2) is 8.51. The predicted octanol–water partition coefficient (Wildman–Crippen LogP) is 0.511. The summed E-state index contributed by atoms with van der Waals surface area (Å²) in [5, 5.41) is 5.80. The fraction of sp³-hybridized carbons (Fsp3) is 0.579. The molecule has 0 bridgehead atoms. The summed E-state index contributed by atoms with van der Waals surface area (Å²) in [6.07, 6.45) is 3.95. The number of ether oxygens (including phenoxy) is 2. The van der Waals surface area contributed by atoms with Crippen LogP contribution in [0.25, 0.3) is 0 Å². The Kier molecular flexibility index (Phi) is 6.11. The molecule has 1 aliphatic heterocycles. The zero-order valence-corrected chi connectivity index (χ0v) is 15.0. The molecule has 1 aromatic carbocycles. The standard InChI is InChI=1S/C19H27N3O4/c20-19(8-11-25-12-9-19)18(24)21-10-7-14-1-5-16(6-2-14)26-13-17(23)22-15-3-4-15/h1-2,5-6,15H,3-4,7-13,20H2,(H,21,24)(H,22,23). The summed E-state index contributed by atoms with van der Waals surface area (Å²) in [5.74, 6) is 0.470. The first kappa shape index (κ1) is 18.7. The van der Waals surface area contributed by atoms with Crippen molar-refractivity contribution >= 4 is 11.8 Å². The molecule has 1 aromatic rings. The molecule has 0 unspecified atom stereocenters. The van der Waals surface area contributed by atoms with Crippen LogP contribution in [0.2, 0.25) is 0 Å². The average Bonchev–Trinajstić information content (AvgIpc) is 3.45. The topological polar surface area (TPSA) is 103 Å². The van der Waals surface area contributed by atoms with Gasteiger partial charge < -0.3 is 25.8 Å². The Labute approximate surface area is 153 Å². The van der Waals surface area contributed by atoms with E-state index in [1.807, 2.05) is 24.3 Å². The Morgan fingerprint density at radius 3 is 2.54 bits per heavy atom. The van der Waals surface area contributed by atoms with E-state index < -0.39 is 5.54 Å². The quantitative estimate of drug-likeness (QED) is 0.626. The number of rotatable bonds is 8. The van der Waals surface area contributed by atoms with E-state index in [4.69, 9.17) is 15.2 Å². The number of nitrogens with one attached hydrogen (secondary N) is 2. The molecule has 7 heteroatoms. The summed E-state index contributed by atoms with van der Waals surface area (Å²) in [5.41, 5.74) is 6.43. The van der Waals surface area contributed by atoms with Crippen molar-refractivity contribution in [3.63, 3.8) is 0 Å². The maximum absolute atomic E-state index is 12.2. The van der Waals surface area contributed by atoms with Crippen LogP contribution in [0.4, 0.5) is 0 Å². The summed E-state index contributed by atoms with van der Waals surface area (Å²) in [7, 11) is 0. The van der Waals surface area contributed by atoms with Gasteiger partial charge in [0.15, 0.2) is 6.61 Å². The van der Waals surface area contributed by atoms with Gasteiger partial charge in [0.05, 0.1) is 5.54 Å². The van der Waals surface area contributed by atoms with Crippen LogP contribution in [0.1, 0.15) is 31.2 Å². The number of carbonyl (C=O) groups is 2. The Hall–Kier alpha value is -2.12. The van der Waals surface area contributed by atoms with Crippen molar-refractivity contribution in [2.45, 2.75) is 43.7 Å². The molecule has 1 saturated carbocycles. The zero-order valence-electron chi connectivity index (χ0n) is 15.0. The maximum Gasteiger partial charge on any atom is 0.258 e. The molecular weight excluding hydrogens is 334 g/mol. The van der Waals surface area contributed by atoms with Crippen molar-refractivity contribution in [1.82, 2.24) is 10.6 Å². The molecule has 26 heavy (non-hydrogen) atoms. The largest absolute Gasteiger partial charge is 0.484 e. The molecule has 0 spiro atoms. The molecule has 0 atom stereocenters. The van der Waals surface area contributed by atoms with Crippen molar-refractivity contribution in [3.05, 3.63) is 29.8 Å². The maximum atomic E-state index is 12.2. The van der Waals surface area contributed by atoms with Crippen LogP contribution in [0, 0.1) is 0 Å². The lowest BCUT2D eigenvalue weighted by Gasteiger charge is -2.31. The van der Waals surface area contributed by atoms with Crippen LogP contribution in [0.3, 0.4) is 0 Å². The first-order chi connectivity index (χ1) is 12.5. The van der Waals surface area contributed by atoms with Gasteiger partial charge in [-0.2, -0.15) is 0 Å². The van der Waals surface area contributed by atoms with Gasteiger partial charge in [0.1, 0.15) is 5.75 Å². The van der Waals surface area contributed by atoms with E-state index in [0.29, 0.717) is 50.8 Å². The molecular formula is C19H27N3O4. The smallest absolute Gasteiger partial charge is 0.258 e. The number of amides is 2. The van der Waals surface area contributed by atoms with Gasteiger partial charge in [0, 0.05) is 25.8 Å². The summed E-state index contributed by atoms with van der Waals surface area (Å²) in [6, 6.07) is 7.90. The van der Waals surface area contributed by atoms with E-state index in [2.05, 4.69) is 10.6 Å². The normalized spacial score (nSPS) is 18.8. The van der Waals surface area contributed by atoms with E-state index in [0.717, 1.165) is 18.4 Å². The third-order valence-corrected chi connectivity index (χ3v) is 4.77. The molecule has 2 fully saturated rings. The molecule has 142 valence electrons. The van der Waals surface area contributed by atoms with E-state index in [-0.39, 0.29) is 18.4 Å². The van der Waals surface area contributed by atoms with Crippen LogP contribution in [0.5, 0.6) is 5.75 Å². The highest BCUT2D eigenvalue weighted by Crippen LogP contribution is 2.19. The minimum atomic E-state index is -0.809. The molecule has 0 aromatic heterocycles. The van der Waals surface area contributed by atoms with Gasteiger partial charge >= 0.3 is 0 Å². The van der Waals surface area contributed by atoms with E-state index >= 15 is 0 Å². The summed E-state index contributed by atoms with van der Waals surface area (Å²) in [6.45, 7) is 1.63. The van der Waals surface area contributed by atoms with E-state index in [9.17, 15) is 9.59 Å². The monoisotopic (exact) mass is 361 g/mol. The van der Waals surface area contributed by atoms with Crippen molar-refractivity contribution < 1.29 is 19.1 Å². The fourth-order valence-corrected chi connectivity index (χ4v) is 2.86. The van der Waals surface area contributed by atoms with Crippen LogP contribution >= 0.6 is 0 Å². The van der Waals surface area contributed by atoms with E-state index in [1.165, 1.54) is 0 Å². The van der Waals surface area contributed by atoms with Gasteiger partial charge in [-0.3, -0.25) is 9.59 Å². The van der Waals surface area contributed by atoms with Crippen molar-refractivity contribution in [2.75, 3.05) is 26.4 Å². The summed E-state index contributed by atoms with van der Waals surface area (Å²) >= 11 is 0. The van der Waals surface area contributed by atoms with Crippen molar-refractivity contribution in [3.8, 4) is 5.75 Å². The summed E-state index contributed by atoms with van der Waals surface area (Å²) < 4.78 is 10.7. The van der Waals surface area contributed by atoms with Gasteiger partial charge in [0.2, 0.25) is 5.91 Å². The minimum absolute atomic E-state index is 0.0359. The molecule has 3 rings (SSSR count). The summed E-state index contributed by atoms with van der Waals surface area (Å²) in [4.78, 5) is 23.8.